The van der Waals surface area contributed by atoms with Crippen LogP contribution in [0.2, 0.25) is 0 Å². The molecule has 1 aliphatic heterocycles. The lowest BCUT2D eigenvalue weighted by molar-refractivity contribution is -0.126. The Bertz CT molecular complexity index is 857. The molecule has 0 aromatic heterocycles. The van der Waals surface area contributed by atoms with Crippen LogP contribution in [0.5, 0.6) is 0 Å². The Kier molecular flexibility index (Phi) is 6.71. The number of carbonyl (C=O) groups excluding carboxylic acids is 2. The molecule has 1 aromatic carbocycles. The second-order valence-corrected chi connectivity index (χ2v) is 9.22. The van der Waals surface area contributed by atoms with Crippen LogP contribution in [-0.4, -0.2) is 74.8 Å². The van der Waals surface area contributed by atoms with Gasteiger partial charge in [-0.1, -0.05) is 6.08 Å². The van der Waals surface area contributed by atoms with Gasteiger partial charge in [-0.25, -0.2) is 13.1 Å². The van der Waals surface area contributed by atoms with Gasteiger partial charge in [0.1, 0.15) is 0 Å². The Labute approximate surface area is 172 Å². The van der Waals surface area contributed by atoms with E-state index in [4.69, 9.17) is 0 Å². The number of benzene rings is 1. The van der Waals surface area contributed by atoms with Gasteiger partial charge in [-0.15, -0.1) is 6.58 Å². The fourth-order valence-electron chi connectivity index (χ4n) is 3.24. The van der Waals surface area contributed by atoms with E-state index < -0.39 is 10.0 Å². The van der Waals surface area contributed by atoms with Crippen LogP contribution < -0.4 is 10.0 Å². The van der Waals surface area contributed by atoms with E-state index in [1.807, 2.05) is 6.92 Å². The van der Waals surface area contributed by atoms with E-state index in [0.717, 1.165) is 12.8 Å². The number of nitrogens with one attached hydrogen (secondary N) is 2. The molecular weight excluding hydrogens is 392 g/mol. The van der Waals surface area contributed by atoms with Crippen molar-refractivity contribution in [1.29, 1.82) is 0 Å². The van der Waals surface area contributed by atoms with Gasteiger partial charge in [0.05, 0.1) is 10.9 Å². The Morgan fingerprint density at radius 2 is 1.79 bits per heavy atom. The maximum atomic E-state index is 12.7. The van der Waals surface area contributed by atoms with Gasteiger partial charge in [0.15, 0.2) is 0 Å². The topological polar surface area (TPSA) is 98.8 Å². The van der Waals surface area contributed by atoms with Crippen LogP contribution in [0.15, 0.2) is 41.8 Å². The summed E-state index contributed by atoms with van der Waals surface area (Å²) in [7, 11) is -3.61. The number of hydrogen-bond donors (Lipinski definition) is 2. The van der Waals surface area contributed by atoms with Crippen LogP contribution in [-0.2, 0) is 14.8 Å². The molecule has 1 aromatic rings. The number of hydrogen-bond acceptors (Lipinski definition) is 5. The zero-order chi connectivity index (χ0) is 21.0. The summed E-state index contributed by atoms with van der Waals surface area (Å²) in [5.41, 5.74) is 0.445. The lowest BCUT2D eigenvalue weighted by Gasteiger charge is -2.37. The Hall–Kier alpha value is -2.23. The number of carbonyl (C=O) groups is 2. The molecule has 9 heteroatoms. The van der Waals surface area contributed by atoms with Crippen LogP contribution in [0.3, 0.4) is 0 Å². The van der Waals surface area contributed by atoms with Crippen molar-refractivity contribution in [2.75, 3.05) is 32.7 Å². The molecule has 2 N–H and O–H groups in total. The van der Waals surface area contributed by atoms with Crippen molar-refractivity contribution < 1.29 is 18.0 Å². The zero-order valence-electron chi connectivity index (χ0n) is 16.6. The molecule has 3 rings (SSSR count). The number of sulfonamides is 1. The summed E-state index contributed by atoms with van der Waals surface area (Å²) in [6.07, 6.45) is 3.59. The highest BCUT2D eigenvalue weighted by atomic mass is 32.2. The summed E-state index contributed by atoms with van der Waals surface area (Å²) >= 11 is 0. The van der Waals surface area contributed by atoms with Gasteiger partial charge in [-0.2, -0.15) is 0 Å². The molecule has 1 aliphatic carbocycles. The molecule has 0 unspecified atom stereocenters. The first kappa shape index (κ1) is 21.5. The monoisotopic (exact) mass is 420 g/mol. The van der Waals surface area contributed by atoms with Crippen molar-refractivity contribution in [2.24, 2.45) is 0 Å². The first-order valence-electron chi connectivity index (χ1n) is 9.86. The van der Waals surface area contributed by atoms with Gasteiger partial charge < -0.3 is 10.2 Å². The maximum Gasteiger partial charge on any atom is 0.253 e. The van der Waals surface area contributed by atoms with Crippen LogP contribution in [0, 0.1) is 0 Å². The smallest absolute Gasteiger partial charge is 0.253 e. The molecule has 1 saturated carbocycles. The molecule has 2 fully saturated rings. The van der Waals surface area contributed by atoms with Crippen LogP contribution in [0.4, 0.5) is 0 Å². The standard InChI is InChI=1S/C20H28N4O4S/c1-3-10-21-29(27,28)18-8-4-16(5-9-18)20(26)24-13-11-23(12-14-24)15(2)19(25)22-17-6-7-17/h3-5,8-9,15,17,21H,1,6-7,10-14H2,2H3,(H,22,25)/t15-/m1/s1. The molecule has 158 valence electrons. The highest BCUT2D eigenvalue weighted by Crippen LogP contribution is 2.19. The summed E-state index contributed by atoms with van der Waals surface area (Å²) in [6.45, 7) is 7.84. The fourth-order valence-corrected chi connectivity index (χ4v) is 4.24. The molecule has 2 aliphatic rings. The summed E-state index contributed by atoms with van der Waals surface area (Å²) in [5.74, 6) is -0.0862. The van der Waals surface area contributed by atoms with Crippen LogP contribution >= 0.6 is 0 Å². The molecule has 1 saturated heterocycles. The average molecular weight is 421 g/mol. The summed E-state index contributed by atoms with van der Waals surface area (Å²) in [6, 6.07) is 6.05. The molecular formula is C20H28N4O4S. The second-order valence-electron chi connectivity index (χ2n) is 7.45. The van der Waals surface area contributed by atoms with Gasteiger partial charge in [0, 0.05) is 44.3 Å². The predicted molar refractivity (Wildman–Crippen MR) is 110 cm³/mol. The van der Waals surface area contributed by atoms with Gasteiger partial charge in [-0.3, -0.25) is 14.5 Å². The molecule has 8 nitrogen and oxygen atoms in total. The third-order valence-corrected chi connectivity index (χ3v) is 6.72. The lowest BCUT2D eigenvalue weighted by Crippen LogP contribution is -2.55. The highest BCUT2D eigenvalue weighted by Gasteiger charge is 2.31. The van der Waals surface area contributed by atoms with E-state index in [2.05, 4.69) is 21.5 Å². The number of amides is 2. The molecule has 29 heavy (non-hydrogen) atoms. The Morgan fingerprint density at radius 3 is 2.34 bits per heavy atom. The molecule has 0 spiro atoms. The highest BCUT2D eigenvalue weighted by molar-refractivity contribution is 7.89. The zero-order valence-corrected chi connectivity index (χ0v) is 17.5. The third-order valence-electron chi connectivity index (χ3n) is 5.28. The van der Waals surface area contributed by atoms with Crippen molar-refractivity contribution in [3.05, 3.63) is 42.5 Å². The van der Waals surface area contributed by atoms with E-state index in [9.17, 15) is 18.0 Å². The number of rotatable bonds is 8. The number of nitrogens with zero attached hydrogens (tertiary/aromatic N) is 2. The lowest BCUT2D eigenvalue weighted by atomic mass is 10.1. The fraction of sp³-hybridized carbons (Fsp3) is 0.500. The van der Waals surface area contributed by atoms with Crippen molar-refractivity contribution in [1.82, 2.24) is 19.8 Å². The first-order valence-corrected chi connectivity index (χ1v) is 11.3. The molecule has 1 heterocycles. The SMILES string of the molecule is C=CCNS(=O)(=O)c1ccc(C(=O)N2CCN([C@H](C)C(=O)NC3CC3)CC2)cc1. The van der Waals surface area contributed by atoms with Gasteiger partial charge in [0.25, 0.3) is 5.91 Å². The van der Waals surface area contributed by atoms with Crippen molar-refractivity contribution in [3.63, 3.8) is 0 Å². The van der Waals surface area contributed by atoms with E-state index in [0.29, 0.717) is 37.8 Å². The number of piperazine rings is 1. The average Bonchev–Trinajstić information content (AvgIpc) is 3.55. The Morgan fingerprint density at radius 1 is 1.17 bits per heavy atom. The van der Waals surface area contributed by atoms with E-state index in [-0.39, 0.29) is 29.3 Å². The van der Waals surface area contributed by atoms with E-state index in [1.54, 1.807) is 4.90 Å². The molecule has 0 radical (unpaired) electrons. The molecule has 1 atom stereocenters. The Balaban J connectivity index is 1.55. The molecule has 2 amide bonds. The van der Waals surface area contributed by atoms with Gasteiger partial charge >= 0.3 is 0 Å². The van der Waals surface area contributed by atoms with Crippen molar-refractivity contribution >= 4 is 21.8 Å². The van der Waals surface area contributed by atoms with Crippen molar-refractivity contribution in [3.8, 4) is 0 Å². The van der Waals surface area contributed by atoms with E-state index in [1.165, 1.54) is 30.3 Å². The minimum absolute atomic E-state index is 0.0501. The van der Waals surface area contributed by atoms with Crippen LogP contribution in [0.25, 0.3) is 0 Å². The first-order chi connectivity index (χ1) is 13.8. The van der Waals surface area contributed by atoms with Gasteiger partial charge in [-0.05, 0) is 44.0 Å². The summed E-state index contributed by atoms with van der Waals surface area (Å²) in [4.78, 5) is 28.9. The van der Waals surface area contributed by atoms with Crippen molar-refractivity contribution in [2.45, 2.75) is 36.7 Å². The predicted octanol–water partition coefficient (Wildman–Crippen LogP) is 0.576. The van der Waals surface area contributed by atoms with Crippen LogP contribution in [0.1, 0.15) is 30.1 Å². The quantitative estimate of drug-likeness (QED) is 0.600. The normalized spacial score (nSPS) is 18.9. The maximum absolute atomic E-state index is 12.7. The third kappa shape index (κ3) is 5.43. The van der Waals surface area contributed by atoms with Gasteiger partial charge in [0.2, 0.25) is 15.9 Å². The van der Waals surface area contributed by atoms with E-state index >= 15 is 0 Å². The second kappa shape index (κ2) is 9.06. The largest absolute Gasteiger partial charge is 0.352 e. The summed E-state index contributed by atoms with van der Waals surface area (Å²) in [5, 5.41) is 3.02. The molecule has 0 bridgehead atoms. The minimum Gasteiger partial charge on any atom is -0.352 e. The summed E-state index contributed by atoms with van der Waals surface area (Å²) < 4.78 is 26.6. The minimum atomic E-state index is -3.61.